The molecule has 0 saturated heterocycles. The van der Waals surface area contributed by atoms with Crippen LogP contribution < -0.4 is 14.2 Å². The van der Waals surface area contributed by atoms with Gasteiger partial charge in [-0.2, -0.15) is 0 Å². The number of methoxy groups -OCH3 is 3. The van der Waals surface area contributed by atoms with E-state index in [4.69, 9.17) is 18.9 Å². The number of hydrogen-bond donors (Lipinski definition) is 0. The molecule has 0 fully saturated rings. The van der Waals surface area contributed by atoms with Crippen LogP contribution in [-0.2, 0) is 11.3 Å². The number of hydrogen-bond acceptors (Lipinski definition) is 5. The summed E-state index contributed by atoms with van der Waals surface area (Å²) in [6.45, 7) is 6.05. The maximum absolute atomic E-state index is 12.3. The lowest BCUT2D eigenvalue weighted by atomic mass is 9.91. The average Bonchev–Trinajstić information content (AvgIpc) is 2.85. The van der Waals surface area contributed by atoms with Gasteiger partial charge in [0.2, 0.25) is 0 Å². The Hall–Kier alpha value is -3.09. The van der Waals surface area contributed by atoms with Crippen LogP contribution in [0.5, 0.6) is 17.2 Å². The highest BCUT2D eigenvalue weighted by Crippen LogP contribution is 2.49. The molecule has 0 amide bonds. The largest absolute Gasteiger partial charge is 0.496 e. The van der Waals surface area contributed by atoms with Crippen LogP contribution in [0.4, 0.5) is 0 Å². The van der Waals surface area contributed by atoms with E-state index < -0.39 is 6.10 Å². The van der Waals surface area contributed by atoms with Gasteiger partial charge in [0.25, 0.3) is 0 Å². The minimum absolute atomic E-state index is 0.281. The molecule has 0 spiro atoms. The van der Waals surface area contributed by atoms with E-state index in [1.165, 1.54) is 0 Å². The van der Waals surface area contributed by atoms with E-state index in [2.05, 4.69) is 22.5 Å². The third-order valence-corrected chi connectivity index (χ3v) is 6.30. The van der Waals surface area contributed by atoms with Gasteiger partial charge >= 0.3 is 0 Å². The highest BCUT2D eigenvalue weighted by molar-refractivity contribution is 9.10. The average molecular weight is 511 g/mol. The van der Waals surface area contributed by atoms with Gasteiger partial charge in [0.05, 0.1) is 24.3 Å². The summed E-state index contributed by atoms with van der Waals surface area (Å²) in [7, 11) is 4.77. The zero-order valence-electron chi connectivity index (χ0n) is 19.2. The topological polar surface area (TPSA) is 54.0 Å². The van der Waals surface area contributed by atoms with Gasteiger partial charge in [0.1, 0.15) is 30.0 Å². The zero-order chi connectivity index (χ0) is 24.0. The van der Waals surface area contributed by atoms with Crippen LogP contribution in [0.15, 0.2) is 59.6 Å². The first kappa shape index (κ1) is 24.6. The second-order valence-electron chi connectivity index (χ2n) is 7.30. The van der Waals surface area contributed by atoms with Crippen molar-refractivity contribution < 1.29 is 23.7 Å². The maximum Gasteiger partial charge on any atom is 0.154 e. The summed E-state index contributed by atoms with van der Waals surface area (Å²) in [6, 6.07) is 15.4. The SMILES string of the molecule is C=Cc1cccc(OC)c1C(OC)c1c(Br)c(OC)c(C)c(C=O)c1OCc1ccccc1. The molecule has 0 bridgehead atoms. The van der Waals surface area contributed by atoms with Gasteiger partial charge in [0.15, 0.2) is 6.29 Å². The molecule has 5 nitrogen and oxygen atoms in total. The number of aldehydes is 1. The van der Waals surface area contributed by atoms with Crippen LogP contribution in [0.25, 0.3) is 6.08 Å². The highest BCUT2D eigenvalue weighted by atomic mass is 79.9. The normalized spacial score (nSPS) is 11.5. The summed E-state index contributed by atoms with van der Waals surface area (Å²) >= 11 is 3.70. The van der Waals surface area contributed by atoms with Crippen molar-refractivity contribution in [3.8, 4) is 17.2 Å². The molecule has 3 aromatic carbocycles. The third-order valence-electron chi connectivity index (χ3n) is 5.52. The standard InChI is InChI=1S/C27H27BrO5/c1-6-19-13-10-14-21(30-3)22(19)27(32-5)23-24(28)25(31-4)17(2)20(15-29)26(23)33-16-18-11-8-7-9-12-18/h6-15,27H,1,16H2,2-5H3. The monoisotopic (exact) mass is 510 g/mol. The Bertz CT molecular complexity index is 1140. The fraction of sp³-hybridized carbons (Fsp3) is 0.222. The minimum Gasteiger partial charge on any atom is -0.496 e. The summed E-state index contributed by atoms with van der Waals surface area (Å²) in [5.41, 5.74) is 4.29. The van der Waals surface area contributed by atoms with E-state index in [0.29, 0.717) is 38.4 Å². The van der Waals surface area contributed by atoms with Gasteiger partial charge in [-0.25, -0.2) is 0 Å². The van der Waals surface area contributed by atoms with Crippen molar-refractivity contribution in [3.05, 3.63) is 93.0 Å². The lowest BCUT2D eigenvalue weighted by Gasteiger charge is -2.27. The van der Waals surface area contributed by atoms with Crippen LogP contribution in [0.3, 0.4) is 0 Å². The van der Waals surface area contributed by atoms with E-state index in [1.54, 1.807) is 27.4 Å². The Morgan fingerprint density at radius 2 is 1.70 bits per heavy atom. The third kappa shape index (κ3) is 4.82. The molecule has 0 saturated carbocycles. The second kappa shape index (κ2) is 11.2. The molecule has 0 heterocycles. The quantitative estimate of drug-likeness (QED) is 0.289. The summed E-state index contributed by atoms with van der Waals surface area (Å²) in [5, 5.41) is 0. The highest BCUT2D eigenvalue weighted by Gasteiger charge is 2.31. The van der Waals surface area contributed by atoms with Crippen LogP contribution >= 0.6 is 15.9 Å². The summed E-state index contributed by atoms with van der Waals surface area (Å²) in [4.78, 5) is 12.3. The minimum atomic E-state index is -0.637. The molecule has 1 atom stereocenters. The van der Waals surface area contributed by atoms with Gasteiger partial charge in [-0.15, -0.1) is 0 Å². The number of carbonyl (C=O) groups excluding carboxylic acids is 1. The number of halogens is 1. The second-order valence-corrected chi connectivity index (χ2v) is 8.10. The summed E-state index contributed by atoms with van der Waals surface area (Å²) in [6.07, 6.45) is 1.90. The van der Waals surface area contributed by atoms with Gasteiger partial charge in [-0.05, 0) is 40.0 Å². The Balaban J connectivity index is 2.30. The fourth-order valence-electron chi connectivity index (χ4n) is 3.91. The molecule has 1 unspecified atom stereocenters. The van der Waals surface area contributed by atoms with Crippen molar-refractivity contribution in [2.45, 2.75) is 19.6 Å². The van der Waals surface area contributed by atoms with Gasteiger partial charge < -0.3 is 18.9 Å². The van der Waals surface area contributed by atoms with E-state index >= 15 is 0 Å². The van der Waals surface area contributed by atoms with Crippen molar-refractivity contribution in [2.75, 3.05) is 21.3 Å². The summed E-state index contributed by atoms with van der Waals surface area (Å²) < 4.78 is 24.3. The smallest absolute Gasteiger partial charge is 0.154 e. The molecular weight excluding hydrogens is 484 g/mol. The van der Waals surface area contributed by atoms with Crippen molar-refractivity contribution in [1.29, 1.82) is 0 Å². The van der Waals surface area contributed by atoms with Crippen LogP contribution in [-0.4, -0.2) is 27.6 Å². The van der Waals surface area contributed by atoms with Crippen LogP contribution in [0.2, 0.25) is 0 Å². The van der Waals surface area contributed by atoms with E-state index in [-0.39, 0.29) is 6.61 Å². The van der Waals surface area contributed by atoms with Crippen molar-refractivity contribution in [3.63, 3.8) is 0 Å². The first-order chi connectivity index (χ1) is 16.0. The molecule has 0 aliphatic heterocycles. The predicted molar refractivity (Wildman–Crippen MR) is 134 cm³/mol. The molecule has 0 aliphatic carbocycles. The first-order valence-corrected chi connectivity index (χ1v) is 11.2. The molecule has 3 aromatic rings. The van der Waals surface area contributed by atoms with Crippen LogP contribution in [0.1, 0.15) is 44.3 Å². The van der Waals surface area contributed by atoms with E-state index in [9.17, 15) is 4.79 Å². The van der Waals surface area contributed by atoms with Crippen molar-refractivity contribution in [1.82, 2.24) is 0 Å². The number of ether oxygens (including phenoxy) is 4. The van der Waals surface area contributed by atoms with Crippen molar-refractivity contribution in [2.24, 2.45) is 0 Å². The molecular formula is C27H27BrO5. The van der Waals surface area contributed by atoms with Gasteiger partial charge in [0, 0.05) is 23.8 Å². The Morgan fingerprint density at radius 3 is 2.27 bits per heavy atom. The molecule has 3 rings (SSSR count). The molecule has 0 N–H and O–H groups in total. The molecule has 172 valence electrons. The fourth-order valence-corrected chi connectivity index (χ4v) is 4.75. The zero-order valence-corrected chi connectivity index (χ0v) is 20.8. The molecule has 6 heteroatoms. The summed E-state index contributed by atoms with van der Waals surface area (Å²) in [5.74, 6) is 1.59. The van der Waals surface area contributed by atoms with E-state index in [0.717, 1.165) is 23.0 Å². The maximum atomic E-state index is 12.3. The lowest BCUT2D eigenvalue weighted by Crippen LogP contribution is -2.14. The molecule has 0 aliphatic rings. The predicted octanol–water partition coefficient (Wildman–Crippen LogP) is 6.55. The first-order valence-electron chi connectivity index (χ1n) is 10.4. The number of carbonyl (C=O) groups is 1. The van der Waals surface area contributed by atoms with Gasteiger partial charge in [-0.1, -0.05) is 55.1 Å². The lowest BCUT2D eigenvalue weighted by molar-refractivity contribution is 0.111. The molecule has 0 radical (unpaired) electrons. The van der Waals surface area contributed by atoms with Crippen LogP contribution in [0, 0.1) is 6.92 Å². The Labute approximate surface area is 203 Å². The van der Waals surface area contributed by atoms with Gasteiger partial charge in [-0.3, -0.25) is 4.79 Å². The number of benzene rings is 3. The molecule has 33 heavy (non-hydrogen) atoms. The molecule has 0 aromatic heterocycles. The van der Waals surface area contributed by atoms with Crippen molar-refractivity contribution >= 4 is 28.3 Å². The Morgan fingerprint density at radius 1 is 0.970 bits per heavy atom. The number of rotatable bonds is 10. The van der Waals surface area contributed by atoms with E-state index in [1.807, 2.05) is 55.5 Å². The Kier molecular flexibility index (Phi) is 8.31.